The van der Waals surface area contributed by atoms with Gasteiger partial charge in [-0.15, -0.1) is 5.10 Å². The first-order valence-corrected chi connectivity index (χ1v) is 12.4. The number of nitrogens with one attached hydrogen (secondary N) is 1. The van der Waals surface area contributed by atoms with Crippen LogP contribution in [0.25, 0.3) is 10.9 Å². The maximum Gasteiger partial charge on any atom is 0.253 e. The molecule has 4 aromatic rings. The van der Waals surface area contributed by atoms with Crippen molar-refractivity contribution in [2.24, 2.45) is 0 Å². The van der Waals surface area contributed by atoms with E-state index in [1.807, 2.05) is 22.9 Å². The predicted octanol–water partition coefficient (Wildman–Crippen LogP) is 4.80. The first-order valence-electron chi connectivity index (χ1n) is 12.4. The molecule has 0 spiro atoms. The minimum Gasteiger partial charge on any atom is -0.322 e. The zero-order chi connectivity index (χ0) is 23.5. The van der Waals surface area contributed by atoms with Crippen molar-refractivity contribution < 1.29 is 0 Å². The van der Waals surface area contributed by atoms with E-state index < -0.39 is 0 Å². The second-order valence-corrected chi connectivity index (χ2v) is 9.20. The lowest BCUT2D eigenvalue weighted by Gasteiger charge is -2.30. The molecule has 1 fully saturated rings. The fourth-order valence-electron chi connectivity index (χ4n) is 5.19. The number of fused-ring (bicyclic) bond motifs is 1. The van der Waals surface area contributed by atoms with Gasteiger partial charge in [-0.3, -0.25) is 9.69 Å². The van der Waals surface area contributed by atoms with Gasteiger partial charge in [-0.1, -0.05) is 63.1 Å². The number of pyridine rings is 1. The van der Waals surface area contributed by atoms with Gasteiger partial charge >= 0.3 is 0 Å². The van der Waals surface area contributed by atoms with Crippen LogP contribution in [0.15, 0.2) is 59.4 Å². The van der Waals surface area contributed by atoms with E-state index in [0.717, 1.165) is 42.5 Å². The van der Waals surface area contributed by atoms with Crippen LogP contribution in [0.3, 0.4) is 0 Å². The summed E-state index contributed by atoms with van der Waals surface area (Å²) in [5, 5.41) is 14.0. The van der Waals surface area contributed by atoms with Crippen molar-refractivity contribution in [2.45, 2.75) is 64.6 Å². The molecule has 1 saturated carbocycles. The lowest BCUT2D eigenvalue weighted by atomic mass is 10.0. The highest BCUT2D eigenvalue weighted by Crippen LogP contribution is 2.34. The lowest BCUT2D eigenvalue weighted by molar-refractivity contribution is 0.210. The third-order valence-electron chi connectivity index (χ3n) is 7.07. The van der Waals surface area contributed by atoms with E-state index in [0.29, 0.717) is 12.1 Å². The molecule has 1 aliphatic carbocycles. The molecule has 2 heterocycles. The third-order valence-corrected chi connectivity index (χ3v) is 7.07. The maximum absolute atomic E-state index is 13.5. The first kappa shape index (κ1) is 22.5. The number of benzene rings is 2. The lowest BCUT2D eigenvalue weighted by Crippen LogP contribution is -2.35. The first-order chi connectivity index (χ1) is 16.7. The molecule has 7 heteroatoms. The van der Waals surface area contributed by atoms with E-state index in [-0.39, 0.29) is 17.6 Å². The van der Waals surface area contributed by atoms with Crippen LogP contribution in [0.1, 0.15) is 74.1 Å². The van der Waals surface area contributed by atoms with Crippen LogP contribution in [-0.2, 0) is 13.0 Å². The summed E-state index contributed by atoms with van der Waals surface area (Å²) in [4.78, 5) is 18.9. The topological polar surface area (TPSA) is 79.7 Å². The van der Waals surface area contributed by atoms with Gasteiger partial charge in [0.15, 0.2) is 5.82 Å². The van der Waals surface area contributed by atoms with Crippen LogP contribution in [0.5, 0.6) is 0 Å². The number of aryl methyl sites for hydroxylation is 1. The summed E-state index contributed by atoms with van der Waals surface area (Å²) in [5.41, 5.74) is 3.89. The monoisotopic (exact) mass is 456 g/mol. The smallest absolute Gasteiger partial charge is 0.253 e. The number of aromatic amines is 1. The summed E-state index contributed by atoms with van der Waals surface area (Å²) < 4.78 is 1.98. The average molecular weight is 457 g/mol. The van der Waals surface area contributed by atoms with Gasteiger partial charge in [0.25, 0.3) is 5.56 Å². The van der Waals surface area contributed by atoms with Crippen molar-refractivity contribution in [3.63, 3.8) is 0 Å². The molecular weight excluding hydrogens is 424 g/mol. The molecule has 1 unspecified atom stereocenters. The second kappa shape index (κ2) is 9.89. The van der Waals surface area contributed by atoms with Crippen LogP contribution in [0, 0.1) is 0 Å². The molecule has 0 bridgehead atoms. The molecule has 0 radical (unpaired) electrons. The van der Waals surface area contributed by atoms with E-state index in [9.17, 15) is 4.79 Å². The van der Waals surface area contributed by atoms with Crippen LogP contribution in [0.4, 0.5) is 0 Å². The zero-order valence-corrected chi connectivity index (χ0v) is 19.9. The van der Waals surface area contributed by atoms with Gasteiger partial charge in [0.2, 0.25) is 0 Å². The maximum atomic E-state index is 13.5. The van der Waals surface area contributed by atoms with Gasteiger partial charge in [0, 0.05) is 17.6 Å². The Morgan fingerprint density at radius 2 is 1.85 bits per heavy atom. The molecule has 0 aliphatic heterocycles. The van der Waals surface area contributed by atoms with Gasteiger partial charge < -0.3 is 4.98 Å². The van der Waals surface area contributed by atoms with E-state index in [2.05, 4.69) is 75.7 Å². The number of hydrogen-bond acceptors (Lipinski definition) is 5. The Balaban J connectivity index is 1.66. The van der Waals surface area contributed by atoms with Gasteiger partial charge in [-0.25, -0.2) is 4.68 Å². The Hall–Kier alpha value is -3.32. The van der Waals surface area contributed by atoms with Crippen molar-refractivity contribution in [1.82, 2.24) is 30.1 Å². The van der Waals surface area contributed by atoms with Crippen LogP contribution < -0.4 is 5.56 Å². The largest absolute Gasteiger partial charge is 0.322 e. The van der Waals surface area contributed by atoms with Crippen LogP contribution in [-0.4, -0.2) is 36.6 Å². The predicted molar refractivity (Wildman–Crippen MR) is 134 cm³/mol. The number of nitrogens with zero attached hydrogens (tertiary/aromatic N) is 5. The molecular formula is C27H32N6O. The van der Waals surface area contributed by atoms with Crippen molar-refractivity contribution in [3.05, 3.63) is 87.5 Å². The van der Waals surface area contributed by atoms with Crippen molar-refractivity contribution in [1.29, 1.82) is 0 Å². The van der Waals surface area contributed by atoms with Crippen LogP contribution >= 0.6 is 0 Å². The molecule has 34 heavy (non-hydrogen) atoms. The highest BCUT2D eigenvalue weighted by atomic mass is 16.1. The summed E-state index contributed by atoms with van der Waals surface area (Å²) in [6.45, 7) is 5.73. The Morgan fingerprint density at radius 1 is 1.06 bits per heavy atom. The van der Waals surface area contributed by atoms with E-state index in [4.69, 9.17) is 0 Å². The van der Waals surface area contributed by atoms with Gasteiger partial charge in [0.1, 0.15) is 6.04 Å². The van der Waals surface area contributed by atoms with E-state index in [1.165, 1.54) is 24.0 Å². The summed E-state index contributed by atoms with van der Waals surface area (Å²) >= 11 is 0. The molecule has 2 aromatic carbocycles. The average Bonchev–Trinajstić information content (AvgIpc) is 3.56. The Morgan fingerprint density at radius 3 is 2.59 bits per heavy atom. The second-order valence-electron chi connectivity index (χ2n) is 9.20. The highest BCUT2D eigenvalue weighted by Gasteiger charge is 2.32. The highest BCUT2D eigenvalue weighted by molar-refractivity contribution is 5.80. The molecule has 5 rings (SSSR count). The quantitative estimate of drug-likeness (QED) is 0.412. The molecule has 0 saturated heterocycles. The number of H-pyrrole nitrogens is 1. The standard InChI is InChI=1S/C27H32N6O/c1-3-19-14-15-24-21(16-19)17-23(27(34)28-24)25(32(4-2)18-20-10-6-5-7-11-20)26-29-30-31-33(26)22-12-8-9-13-22/h5-7,10-11,14-17,22,25H,3-4,8-9,12-13,18H2,1-2H3,(H,28,34). The molecule has 176 valence electrons. The third kappa shape index (κ3) is 4.40. The fraction of sp³-hybridized carbons (Fsp3) is 0.407. The zero-order valence-electron chi connectivity index (χ0n) is 19.9. The molecule has 2 aromatic heterocycles. The Labute approximate surface area is 199 Å². The Bertz CT molecular complexity index is 1310. The summed E-state index contributed by atoms with van der Waals surface area (Å²) in [6.07, 6.45) is 5.47. The number of aromatic nitrogens is 5. The minimum atomic E-state index is -0.348. The van der Waals surface area contributed by atoms with E-state index in [1.54, 1.807) is 0 Å². The van der Waals surface area contributed by atoms with Crippen molar-refractivity contribution >= 4 is 10.9 Å². The number of hydrogen-bond donors (Lipinski definition) is 1. The van der Waals surface area contributed by atoms with Gasteiger partial charge in [-0.05, 0) is 70.9 Å². The Kier molecular flexibility index (Phi) is 6.54. The van der Waals surface area contributed by atoms with Gasteiger partial charge in [0.05, 0.1) is 6.04 Å². The summed E-state index contributed by atoms with van der Waals surface area (Å²) in [5.74, 6) is 0.751. The molecule has 1 atom stereocenters. The molecule has 1 aliphatic rings. The SMILES string of the molecule is CCc1ccc2[nH]c(=O)c(C(c3nnnn3C3CCCC3)N(CC)Cc3ccccc3)cc2c1. The normalized spacial score (nSPS) is 15.4. The summed E-state index contributed by atoms with van der Waals surface area (Å²) in [7, 11) is 0. The van der Waals surface area contributed by atoms with Crippen molar-refractivity contribution in [2.75, 3.05) is 6.54 Å². The van der Waals surface area contributed by atoms with Crippen LogP contribution in [0.2, 0.25) is 0 Å². The fourth-order valence-corrected chi connectivity index (χ4v) is 5.19. The number of tetrazole rings is 1. The molecule has 0 amide bonds. The number of rotatable bonds is 8. The molecule has 7 nitrogen and oxygen atoms in total. The molecule has 1 N–H and O–H groups in total. The van der Waals surface area contributed by atoms with E-state index >= 15 is 0 Å². The summed E-state index contributed by atoms with van der Waals surface area (Å²) in [6, 6.07) is 18.6. The van der Waals surface area contributed by atoms with Gasteiger partial charge in [-0.2, -0.15) is 0 Å². The minimum absolute atomic E-state index is 0.0887. The van der Waals surface area contributed by atoms with Crippen molar-refractivity contribution in [3.8, 4) is 0 Å².